The van der Waals surface area contributed by atoms with Crippen molar-refractivity contribution in [1.82, 2.24) is 9.72 Å². The zero-order valence-electron chi connectivity index (χ0n) is 15.7. The van der Waals surface area contributed by atoms with Gasteiger partial charge in [-0.1, -0.05) is 46.8 Å². The van der Waals surface area contributed by atoms with Gasteiger partial charge >= 0.3 is 5.91 Å². The van der Waals surface area contributed by atoms with E-state index >= 15 is 0 Å². The van der Waals surface area contributed by atoms with Crippen molar-refractivity contribution in [3.05, 3.63) is 70.9 Å². The lowest BCUT2D eigenvalue weighted by atomic mass is 10.1. The molecule has 0 saturated carbocycles. The van der Waals surface area contributed by atoms with E-state index in [1.54, 1.807) is 12.1 Å². The lowest BCUT2D eigenvalue weighted by molar-refractivity contribution is 0.0988. The van der Waals surface area contributed by atoms with Crippen molar-refractivity contribution in [2.45, 2.75) is 13.5 Å². The predicted molar refractivity (Wildman–Crippen MR) is 108 cm³/mol. The molecule has 0 unspecified atom stereocenters. The number of hydrogen-bond donors (Lipinski definition) is 0. The molecule has 4 aromatic rings. The van der Waals surface area contributed by atoms with Crippen molar-refractivity contribution >= 4 is 27.5 Å². The second-order valence-corrected chi connectivity index (χ2v) is 7.21. The molecule has 0 radical (unpaired) electrons. The minimum Gasteiger partial charge on any atom is -0.380 e. The fourth-order valence-electron chi connectivity index (χ4n) is 2.91. The molecule has 148 valence electrons. The van der Waals surface area contributed by atoms with E-state index in [2.05, 4.69) is 10.1 Å². The molecule has 2 aromatic carbocycles. The van der Waals surface area contributed by atoms with Crippen molar-refractivity contribution in [3.8, 4) is 11.3 Å². The first-order valence-electron chi connectivity index (χ1n) is 9.13. The maximum atomic E-state index is 13.6. The summed E-state index contributed by atoms with van der Waals surface area (Å²) in [5.41, 5.74) is 1.74. The minimum atomic E-state index is -0.520. The molecule has 0 spiro atoms. The molecule has 0 fully saturated rings. The van der Waals surface area contributed by atoms with Gasteiger partial charge in [0.1, 0.15) is 5.82 Å². The molecular weight excluding hydrogens is 393 g/mol. The average molecular weight is 411 g/mol. The molecule has 0 aliphatic carbocycles. The van der Waals surface area contributed by atoms with E-state index in [4.69, 9.17) is 9.26 Å². The molecule has 0 aliphatic heterocycles. The molecular formula is C21H18FN3O3S. The first-order chi connectivity index (χ1) is 14.2. The van der Waals surface area contributed by atoms with Crippen LogP contribution < -0.4 is 4.80 Å². The Morgan fingerprint density at radius 3 is 2.86 bits per heavy atom. The van der Waals surface area contributed by atoms with Crippen molar-refractivity contribution < 1.29 is 18.4 Å². The summed E-state index contributed by atoms with van der Waals surface area (Å²) in [6.07, 6.45) is 0. The van der Waals surface area contributed by atoms with Gasteiger partial charge in [0.15, 0.2) is 16.3 Å². The maximum Gasteiger partial charge on any atom is 0.301 e. The summed E-state index contributed by atoms with van der Waals surface area (Å²) in [7, 11) is 0. The SMILES string of the molecule is CCOCCn1c(=NC(=O)c2cc(-c3ccccc3)on2)sc2cc(F)ccc21. The minimum absolute atomic E-state index is 0.115. The number of amides is 1. The number of rotatable bonds is 6. The van der Waals surface area contributed by atoms with Crippen LogP contribution >= 0.6 is 11.3 Å². The summed E-state index contributed by atoms with van der Waals surface area (Å²) < 4.78 is 26.9. The van der Waals surface area contributed by atoms with Gasteiger partial charge in [0.2, 0.25) is 0 Å². The zero-order chi connectivity index (χ0) is 20.2. The fourth-order valence-corrected chi connectivity index (χ4v) is 3.99. The molecule has 0 aliphatic rings. The Kier molecular flexibility index (Phi) is 5.64. The molecule has 2 heterocycles. The van der Waals surface area contributed by atoms with E-state index in [-0.39, 0.29) is 11.5 Å². The molecule has 2 aromatic heterocycles. The van der Waals surface area contributed by atoms with Gasteiger partial charge in [0.05, 0.1) is 16.8 Å². The van der Waals surface area contributed by atoms with E-state index < -0.39 is 5.91 Å². The van der Waals surface area contributed by atoms with E-state index in [0.717, 1.165) is 11.1 Å². The molecule has 1 amide bonds. The van der Waals surface area contributed by atoms with Crippen LogP contribution in [0, 0.1) is 5.82 Å². The van der Waals surface area contributed by atoms with E-state index in [0.29, 0.717) is 35.0 Å². The maximum absolute atomic E-state index is 13.6. The summed E-state index contributed by atoms with van der Waals surface area (Å²) in [5.74, 6) is -0.363. The summed E-state index contributed by atoms with van der Waals surface area (Å²) in [4.78, 5) is 17.4. The molecule has 0 saturated heterocycles. The van der Waals surface area contributed by atoms with E-state index in [1.807, 2.05) is 41.8 Å². The Bertz CT molecular complexity index is 1210. The van der Waals surface area contributed by atoms with Crippen LogP contribution in [0.3, 0.4) is 0 Å². The van der Waals surface area contributed by atoms with Gasteiger partial charge in [0, 0.05) is 24.8 Å². The van der Waals surface area contributed by atoms with Crippen LogP contribution in [0.4, 0.5) is 4.39 Å². The number of fused-ring (bicyclic) bond motifs is 1. The Morgan fingerprint density at radius 1 is 1.24 bits per heavy atom. The number of halogens is 1. The van der Waals surface area contributed by atoms with Crippen LogP contribution in [0.25, 0.3) is 21.5 Å². The van der Waals surface area contributed by atoms with Crippen molar-refractivity contribution in [2.75, 3.05) is 13.2 Å². The molecule has 29 heavy (non-hydrogen) atoms. The molecule has 0 atom stereocenters. The third kappa shape index (κ3) is 4.18. The monoisotopic (exact) mass is 411 g/mol. The highest BCUT2D eigenvalue weighted by atomic mass is 32.1. The molecule has 4 rings (SSSR count). The number of nitrogens with zero attached hydrogens (tertiary/aromatic N) is 3. The van der Waals surface area contributed by atoms with Crippen LogP contribution in [0.15, 0.2) is 64.1 Å². The third-order valence-corrected chi connectivity index (χ3v) is 5.33. The predicted octanol–water partition coefficient (Wildman–Crippen LogP) is 4.27. The number of aromatic nitrogens is 2. The highest BCUT2D eigenvalue weighted by Gasteiger charge is 2.15. The normalized spacial score (nSPS) is 12.0. The molecule has 0 bridgehead atoms. The Morgan fingerprint density at radius 2 is 2.07 bits per heavy atom. The van der Waals surface area contributed by atoms with Crippen molar-refractivity contribution in [2.24, 2.45) is 4.99 Å². The fraction of sp³-hybridized carbons (Fsp3) is 0.190. The van der Waals surface area contributed by atoms with E-state index in [9.17, 15) is 9.18 Å². The summed E-state index contributed by atoms with van der Waals surface area (Å²) >= 11 is 1.24. The van der Waals surface area contributed by atoms with Gasteiger partial charge in [-0.3, -0.25) is 4.79 Å². The topological polar surface area (TPSA) is 69.6 Å². The summed E-state index contributed by atoms with van der Waals surface area (Å²) in [5, 5.41) is 3.85. The second kappa shape index (κ2) is 8.50. The second-order valence-electron chi connectivity index (χ2n) is 6.20. The Labute approximate surface area is 169 Å². The molecule has 0 N–H and O–H groups in total. The first-order valence-corrected chi connectivity index (χ1v) is 9.95. The number of carbonyl (C=O) groups is 1. The Balaban J connectivity index is 1.70. The van der Waals surface area contributed by atoms with Crippen LogP contribution in [0.5, 0.6) is 0 Å². The van der Waals surface area contributed by atoms with Gasteiger partial charge in [-0.05, 0) is 25.1 Å². The molecule has 6 nitrogen and oxygen atoms in total. The summed E-state index contributed by atoms with van der Waals surface area (Å²) in [6.45, 7) is 3.46. The van der Waals surface area contributed by atoms with Crippen LogP contribution in [0.1, 0.15) is 17.4 Å². The van der Waals surface area contributed by atoms with Gasteiger partial charge in [-0.2, -0.15) is 4.99 Å². The highest BCUT2D eigenvalue weighted by molar-refractivity contribution is 7.16. The van der Waals surface area contributed by atoms with Gasteiger partial charge < -0.3 is 13.8 Å². The van der Waals surface area contributed by atoms with Gasteiger partial charge in [-0.25, -0.2) is 4.39 Å². The van der Waals surface area contributed by atoms with Crippen molar-refractivity contribution in [1.29, 1.82) is 0 Å². The van der Waals surface area contributed by atoms with Gasteiger partial charge in [0.25, 0.3) is 0 Å². The number of ether oxygens (including phenoxy) is 1. The molecule has 8 heteroatoms. The number of thiazole rings is 1. The van der Waals surface area contributed by atoms with Crippen LogP contribution in [-0.2, 0) is 11.3 Å². The smallest absolute Gasteiger partial charge is 0.301 e. The first kappa shape index (κ1) is 19.2. The van der Waals surface area contributed by atoms with E-state index in [1.165, 1.54) is 23.5 Å². The highest BCUT2D eigenvalue weighted by Crippen LogP contribution is 2.21. The van der Waals surface area contributed by atoms with Crippen LogP contribution in [0.2, 0.25) is 0 Å². The summed E-state index contributed by atoms with van der Waals surface area (Å²) in [6, 6.07) is 15.5. The zero-order valence-corrected chi connectivity index (χ0v) is 16.5. The quantitative estimate of drug-likeness (QED) is 0.444. The number of hydrogen-bond acceptors (Lipinski definition) is 5. The number of carbonyl (C=O) groups excluding carboxylic acids is 1. The van der Waals surface area contributed by atoms with Gasteiger partial charge in [-0.15, -0.1) is 0 Å². The van der Waals surface area contributed by atoms with Crippen LogP contribution in [-0.4, -0.2) is 28.8 Å². The average Bonchev–Trinajstić information content (AvgIpc) is 3.34. The lowest BCUT2D eigenvalue weighted by Crippen LogP contribution is -2.19. The number of benzene rings is 2. The Hall–Kier alpha value is -3.10. The van der Waals surface area contributed by atoms with Crippen molar-refractivity contribution in [3.63, 3.8) is 0 Å². The third-order valence-electron chi connectivity index (χ3n) is 4.29. The standard InChI is InChI=1S/C21H18FN3O3S/c1-2-27-11-10-25-17-9-8-15(22)12-19(17)29-21(25)23-20(26)16-13-18(28-24-16)14-6-4-3-5-7-14/h3-9,12-13H,2,10-11H2,1H3. The lowest BCUT2D eigenvalue weighted by Gasteiger charge is -2.05. The largest absolute Gasteiger partial charge is 0.380 e.